The highest BCUT2D eigenvalue weighted by Gasteiger charge is 2.17. The second-order valence-electron chi connectivity index (χ2n) is 5.77. The number of hydrogen-bond acceptors (Lipinski definition) is 4. The minimum absolute atomic E-state index is 0.211. The molecule has 0 radical (unpaired) electrons. The summed E-state index contributed by atoms with van der Waals surface area (Å²) in [5.74, 6) is 0.126. The van der Waals surface area contributed by atoms with Crippen LogP contribution in [0.3, 0.4) is 0 Å². The number of amides is 2. The van der Waals surface area contributed by atoms with E-state index in [0.717, 1.165) is 0 Å². The lowest BCUT2D eigenvalue weighted by molar-refractivity contribution is 0.0909. The van der Waals surface area contributed by atoms with Crippen LogP contribution in [0.4, 0.5) is 0 Å². The molecule has 27 heavy (non-hydrogen) atoms. The molecule has 0 saturated carbocycles. The van der Waals surface area contributed by atoms with Gasteiger partial charge in [0.1, 0.15) is 11.5 Å². The van der Waals surface area contributed by atoms with Crippen LogP contribution in [0.15, 0.2) is 36.4 Å². The molecule has 8 heteroatoms. The molecule has 0 aliphatic carbocycles. The van der Waals surface area contributed by atoms with Gasteiger partial charge in [-0.05, 0) is 43.3 Å². The first kappa shape index (κ1) is 20.9. The summed E-state index contributed by atoms with van der Waals surface area (Å²) in [6.07, 6.45) is 0. The Morgan fingerprint density at radius 2 is 1.41 bits per heavy atom. The maximum Gasteiger partial charge on any atom is 0.255 e. The van der Waals surface area contributed by atoms with E-state index in [1.807, 2.05) is 0 Å². The van der Waals surface area contributed by atoms with Crippen molar-refractivity contribution in [3.63, 3.8) is 0 Å². The van der Waals surface area contributed by atoms with Crippen molar-refractivity contribution in [3.05, 3.63) is 57.6 Å². The van der Waals surface area contributed by atoms with Crippen LogP contribution in [0, 0.1) is 0 Å². The minimum atomic E-state index is -0.351. The number of rotatable bonds is 7. The summed E-state index contributed by atoms with van der Waals surface area (Å²) in [4.78, 5) is 24.8. The zero-order chi connectivity index (χ0) is 20.0. The van der Waals surface area contributed by atoms with E-state index in [2.05, 4.69) is 10.6 Å². The second-order valence-corrected chi connectivity index (χ2v) is 6.65. The number of carbonyl (C=O) groups is 2. The van der Waals surface area contributed by atoms with Crippen molar-refractivity contribution in [1.82, 2.24) is 10.6 Å². The summed E-state index contributed by atoms with van der Waals surface area (Å²) in [5.41, 5.74) is 0.639. The third-order valence-corrected chi connectivity index (χ3v) is 4.23. The van der Waals surface area contributed by atoms with Crippen LogP contribution >= 0.6 is 23.2 Å². The third-order valence-electron chi connectivity index (χ3n) is 3.76. The van der Waals surface area contributed by atoms with E-state index in [-0.39, 0.29) is 24.4 Å². The second kappa shape index (κ2) is 9.48. The quantitative estimate of drug-likeness (QED) is 0.731. The third kappa shape index (κ3) is 5.52. The Labute approximate surface area is 167 Å². The SMILES string of the molecule is COc1ccc(Cl)cc1C(=O)NC[C@H](C)NC(=O)c1cc(Cl)ccc1OC. The molecule has 6 nitrogen and oxygen atoms in total. The molecule has 2 aromatic rings. The van der Waals surface area contributed by atoms with Crippen LogP contribution in [0.5, 0.6) is 11.5 Å². The first-order valence-electron chi connectivity index (χ1n) is 8.11. The van der Waals surface area contributed by atoms with Crippen molar-refractivity contribution >= 4 is 35.0 Å². The van der Waals surface area contributed by atoms with Gasteiger partial charge in [0.05, 0.1) is 25.3 Å². The van der Waals surface area contributed by atoms with E-state index in [1.165, 1.54) is 26.4 Å². The molecule has 0 bridgehead atoms. The maximum absolute atomic E-state index is 12.4. The molecular formula is C19H20Cl2N2O4. The number of nitrogens with one attached hydrogen (secondary N) is 2. The Balaban J connectivity index is 1.99. The normalized spacial score (nSPS) is 11.4. The molecule has 1 atom stereocenters. The Kier molecular flexibility index (Phi) is 7.33. The number of halogens is 2. The highest BCUT2D eigenvalue weighted by molar-refractivity contribution is 6.31. The molecule has 0 aromatic heterocycles. The summed E-state index contributed by atoms with van der Waals surface area (Å²) < 4.78 is 10.4. The summed E-state index contributed by atoms with van der Waals surface area (Å²) in [7, 11) is 2.95. The van der Waals surface area contributed by atoms with Gasteiger partial charge in [0.25, 0.3) is 11.8 Å². The largest absolute Gasteiger partial charge is 0.496 e. The van der Waals surface area contributed by atoms with Gasteiger partial charge in [0.2, 0.25) is 0 Å². The van der Waals surface area contributed by atoms with Crippen LogP contribution in [-0.4, -0.2) is 38.6 Å². The van der Waals surface area contributed by atoms with E-state index in [9.17, 15) is 9.59 Å². The molecule has 0 fully saturated rings. The fourth-order valence-electron chi connectivity index (χ4n) is 2.41. The van der Waals surface area contributed by atoms with E-state index in [0.29, 0.717) is 32.7 Å². The van der Waals surface area contributed by atoms with E-state index in [1.54, 1.807) is 31.2 Å². The first-order valence-corrected chi connectivity index (χ1v) is 8.87. The van der Waals surface area contributed by atoms with Gasteiger partial charge in [-0.1, -0.05) is 23.2 Å². The lowest BCUT2D eigenvalue weighted by Crippen LogP contribution is -2.42. The van der Waals surface area contributed by atoms with Crippen molar-refractivity contribution < 1.29 is 19.1 Å². The van der Waals surface area contributed by atoms with Gasteiger partial charge in [0.15, 0.2) is 0 Å². The number of ether oxygens (including phenoxy) is 2. The standard InChI is InChI=1S/C19H20Cl2N2O4/c1-11(23-19(25)15-9-13(21)5-7-17(15)27-3)10-22-18(24)14-8-12(20)4-6-16(14)26-2/h4-9,11H,10H2,1-3H3,(H,22,24)(H,23,25)/t11-/m0/s1. The molecule has 0 heterocycles. The lowest BCUT2D eigenvalue weighted by Gasteiger charge is -2.17. The average Bonchev–Trinajstić information content (AvgIpc) is 2.65. The first-order chi connectivity index (χ1) is 12.8. The zero-order valence-corrected chi connectivity index (χ0v) is 16.6. The van der Waals surface area contributed by atoms with E-state index in [4.69, 9.17) is 32.7 Å². The van der Waals surface area contributed by atoms with Crippen LogP contribution in [0.2, 0.25) is 10.0 Å². The van der Waals surface area contributed by atoms with Gasteiger partial charge in [-0.15, -0.1) is 0 Å². The molecule has 0 unspecified atom stereocenters. The van der Waals surface area contributed by atoms with Crippen molar-refractivity contribution in [2.45, 2.75) is 13.0 Å². The monoisotopic (exact) mass is 410 g/mol. The number of hydrogen-bond donors (Lipinski definition) is 2. The van der Waals surface area contributed by atoms with Crippen LogP contribution in [0.25, 0.3) is 0 Å². The van der Waals surface area contributed by atoms with Crippen molar-refractivity contribution in [2.24, 2.45) is 0 Å². The average molecular weight is 411 g/mol. The fraction of sp³-hybridized carbons (Fsp3) is 0.263. The molecule has 2 amide bonds. The predicted molar refractivity (Wildman–Crippen MR) is 105 cm³/mol. The Hall–Kier alpha value is -2.44. The Morgan fingerprint density at radius 3 is 1.89 bits per heavy atom. The number of carbonyl (C=O) groups excluding carboxylic acids is 2. The van der Waals surface area contributed by atoms with Crippen LogP contribution in [0.1, 0.15) is 27.6 Å². The molecule has 144 valence electrons. The van der Waals surface area contributed by atoms with Crippen LogP contribution in [-0.2, 0) is 0 Å². The van der Waals surface area contributed by atoms with Gasteiger partial charge in [0, 0.05) is 22.6 Å². The van der Waals surface area contributed by atoms with Crippen molar-refractivity contribution in [3.8, 4) is 11.5 Å². The Morgan fingerprint density at radius 1 is 0.926 bits per heavy atom. The number of methoxy groups -OCH3 is 2. The molecule has 2 N–H and O–H groups in total. The van der Waals surface area contributed by atoms with Gasteiger partial charge in [-0.25, -0.2) is 0 Å². The predicted octanol–water partition coefficient (Wildman–Crippen LogP) is 3.56. The molecular weight excluding hydrogens is 391 g/mol. The smallest absolute Gasteiger partial charge is 0.255 e. The topological polar surface area (TPSA) is 76.7 Å². The van der Waals surface area contributed by atoms with Crippen molar-refractivity contribution in [2.75, 3.05) is 20.8 Å². The summed E-state index contributed by atoms with van der Waals surface area (Å²) in [6, 6.07) is 9.23. The molecule has 2 aromatic carbocycles. The highest BCUT2D eigenvalue weighted by Crippen LogP contribution is 2.23. The molecule has 0 saturated heterocycles. The van der Waals surface area contributed by atoms with E-state index >= 15 is 0 Å². The maximum atomic E-state index is 12.4. The van der Waals surface area contributed by atoms with Gasteiger partial charge in [-0.3, -0.25) is 9.59 Å². The van der Waals surface area contributed by atoms with E-state index < -0.39 is 0 Å². The lowest BCUT2D eigenvalue weighted by atomic mass is 10.1. The summed E-state index contributed by atoms with van der Waals surface area (Å²) >= 11 is 11.9. The van der Waals surface area contributed by atoms with Gasteiger partial charge in [-0.2, -0.15) is 0 Å². The number of benzene rings is 2. The molecule has 0 aliphatic heterocycles. The zero-order valence-electron chi connectivity index (χ0n) is 15.1. The summed E-state index contributed by atoms with van der Waals surface area (Å²) in [6.45, 7) is 1.98. The molecule has 0 aliphatic rings. The van der Waals surface area contributed by atoms with Crippen LogP contribution < -0.4 is 20.1 Å². The molecule has 2 rings (SSSR count). The fourth-order valence-corrected chi connectivity index (χ4v) is 2.75. The van der Waals surface area contributed by atoms with Gasteiger partial charge >= 0.3 is 0 Å². The molecule has 0 spiro atoms. The highest BCUT2D eigenvalue weighted by atomic mass is 35.5. The van der Waals surface area contributed by atoms with Crippen molar-refractivity contribution in [1.29, 1.82) is 0 Å². The van der Waals surface area contributed by atoms with Gasteiger partial charge < -0.3 is 20.1 Å². The summed E-state index contributed by atoms with van der Waals surface area (Å²) in [5, 5.41) is 6.40. The minimum Gasteiger partial charge on any atom is -0.496 e. The Bertz CT molecular complexity index is 842.